The first-order valence-electron chi connectivity index (χ1n) is 11.3. The predicted molar refractivity (Wildman–Crippen MR) is 117 cm³/mol. The first-order valence-corrected chi connectivity index (χ1v) is 11.3. The molecule has 158 valence electrons. The van der Waals surface area contributed by atoms with E-state index in [2.05, 4.69) is 41.7 Å². The minimum absolute atomic E-state index is 0.124. The maximum atomic E-state index is 11.5. The summed E-state index contributed by atoms with van der Waals surface area (Å²) in [6, 6.07) is 15.5. The largest absolute Gasteiger partial charge is 0.496 e. The quantitative estimate of drug-likeness (QED) is 0.746. The van der Waals surface area contributed by atoms with Crippen LogP contribution in [0.25, 0.3) is 0 Å². The first-order chi connectivity index (χ1) is 14.6. The summed E-state index contributed by atoms with van der Waals surface area (Å²) < 4.78 is 10.7. The Morgan fingerprint density at radius 2 is 2.07 bits per heavy atom. The van der Waals surface area contributed by atoms with E-state index in [0.717, 1.165) is 37.4 Å². The van der Waals surface area contributed by atoms with Crippen LogP contribution in [-0.4, -0.2) is 25.3 Å². The number of para-hydroxylation sites is 1. The van der Waals surface area contributed by atoms with E-state index in [1.165, 1.54) is 47.9 Å². The molecule has 1 spiro atoms. The number of aryl methyl sites for hydroxylation is 2. The zero-order valence-electron chi connectivity index (χ0n) is 17.8. The summed E-state index contributed by atoms with van der Waals surface area (Å²) in [6.45, 7) is 0.529. The summed E-state index contributed by atoms with van der Waals surface area (Å²) in [5, 5.41) is 3.06. The average molecular weight is 406 g/mol. The molecule has 5 rings (SSSR count). The van der Waals surface area contributed by atoms with Crippen LogP contribution in [0, 0.1) is 5.92 Å². The lowest BCUT2D eigenvalue weighted by molar-refractivity contribution is 0.172. The summed E-state index contributed by atoms with van der Waals surface area (Å²) in [6.07, 6.45) is 8.83. The van der Waals surface area contributed by atoms with Crippen molar-refractivity contribution in [2.45, 2.75) is 62.8 Å². The van der Waals surface area contributed by atoms with Crippen LogP contribution in [0.2, 0.25) is 0 Å². The Labute approximate surface area is 179 Å². The molecule has 1 saturated carbocycles. The molecule has 3 unspecified atom stereocenters. The van der Waals surface area contributed by atoms with E-state index < -0.39 is 0 Å². The number of carbonyl (C=O) groups excluding carboxylic acids is 1. The van der Waals surface area contributed by atoms with E-state index in [4.69, 9.17) is 9.47 Å². The summed E-state index contributed by atoms with van der Waals surface area (Å²) in [4.78, 5) is 11.5. The number of benzene rings is 2. The van der Waals surface area contributed by atoms with Gasteiger partial charge in [-0.2, -0.15) is 0 Å². The van der Waals surface area contributed by atoms with Gasteiger partial charge >= 0.3 is 6.09 Å². The van der Waals surface area contributed by atoms with Crippen LogP contribution in [0.5, 0.6) is 5.75 Å². The van der Waals surface area contributed by atoms with Gasteiger partial charge in [0.15, 0.2) is 0 Å². The number of hydrogen-bond acceptors (Lipinski definition) is 3. The molecule has 4 heteroatoms. The number of nitrogens with one attached hydrogen (secondary N) is 1. The van der Waals surface area contributed by atoms with Crippen LogP contribution in [0.3, 0.4) is 0 Å². The van der Waals surface area contributed by atoms with E-state index in [1.54, 1.807) is 7.11 Å². The number of hydrogen-bond donors (Lipinski definition) is 1. The topological polar surface area (TPSA) is 47.6 Å². The van der Waals surface area contributed by atoms with Crippen LogP contribution >= 0.6 is 0 Å². The van der Waals surface area contributed by atoms with Gasteiger partial charge < -0.3 is 14.8 Å². The average Bonchev–Trinajstić information content (AvgIpc) is 3.37. The SMILES string of the molecule is COc1ccccc1CCC1CCc2cc(C3CCC4(COC(=O)N4)C3)ccc2C1. The fourth-order valence-electron chi connectivity index (χ4n) is 5.77. The molecule has 2 aromatic rings. The van der Waals surface area contributed by atoms with E-state index in [1.807, 2.05) is 6.07 Å². The number of amides is 1. The van der Waals surface area contributed by atoms with Crippen molar-refractivity contribution in [3.63, 3.8) is 0 Å². The Morgan fingerprint density at radius 1 is 1.17 bits per heavy atom. The second kappa shape index (κ2) is 7.98. The lowest BCUT2D eigenvalue weighted by Crippen LogP contribution is -2.40. The molecular formula is C26H31NO3. The predicted octanol–water partition coefficient (Wildman–Crippen LogP) is 5.18. The lowest BCUT2D eigenvalue weighted by atomic mass is 9.79. The van der Waals surface area contributed by atoms with Crippen molar-refractivity contribution in [1.82, 2.24) is 5.32 Å². The molecule has 0 radical (unpaired) electrons. The smallest absolute Gasteiger partial charge is 0.407 e. The molecule has 3 aliphatic rings. The highest BCUT2D eigenvalue weighted by atomic mass is 16.6. The molecule has 2 aliphatic carbocycles. The second-order valence-corrected chi connectivity index (χ2v) is 9.41. The van der Waals surface area contributed by atoms with Crippen LogP contribution in [-0.2, 0) is 24.0 Å². The fraction of sp³-hybridized carbons (Fsp3) is 0.500. The molecule has 0 aromatic heterocycles. The molecule has 2 aromatic carbocycles. The monoisotopic (exact) mass is 405 g/mol. The van der Waals surface area contributed by atoms with Gasteiger partial charge in [-0.15, -0.1) is 0 Å². The number of fused-ring (bicyclic) bond motifs is 1. The van der Waals surface area contributed by atoms with Gasteiger partial charge in [0.1, 0.15) is 12.4 Å². The number of methoxy groups -OCH3 is 1. The van der Waals surface area contributed by atoms with E-state index in [-0.39, 0.29) is 11.6 Å². The van der Waals surface area contributed by atoms with Gasteiger partial charge in [-0.3, -0.25) is 0 Å². The van der Waals surface area contributed by atoms with Gasteiger partial charge in [-0.05, 0) is 91.5 Å². The van der Waals surface area contributed by atoms with Crippen molar-refractivity contribution >= 4 is 6.09 Å². The minimum atomic E-state index is -0.250. The summed E-state index contributed by atoms with van der Waals surface area (Å²) in [7, 11) is 1.76. The van der Waals surface area contributed by atoms with E-state index in [9.17, 15) is 4.79 Å². The molecule has 1 amide bonds. The number of cyclic esters (lactones) is 1. The van der Waals surface area contributed by atoms with Gasteiger partial charge in [0.25, 0.3) is 0 Å². The summed E-state index contributed by atoms with van der Waals surface area (Å²) in [5.74, 6) is 2.28. The van der Waals surface area contributed by atoms with Crippen molar-refractivity contribution in [2.24, 2.45) is 5.92 Å². The molecule has 1 aliphatic heterocycles. The number of rotatable bonds is 5. The van der Waals surface area contributed by atoms with Gasteiger partial charge in [0.05, 0.1) is 12.6 Å². The van der Waals surface area contributed by atoms with Gasteiger partial charge in [-0.1, -0.05) is 36.4 Å². The van der Waals surface area contributed by atoms with Crippen LogP contribution in [0.1, 0.15) is 60.3 Å². The Morgan fingerprint density at radius 3 is 2.90 bits per heavy atom. The van der Waals surface area contributed by atoms with Crippen molar-refractivity contribution in [3.05, 3.63) is 64.7 Å². The molecule has 2 fully saturated rings. The highest BCUT2D eigenvalue weighted by molar-refractivity contribution is 5.70. The van der Waals surface area contributed by atoms with E-state index >= 15 is 0 Å². The van der Waals surface area contributed by atoms with Gasteiger partial charge in [-0.25, -0.2) is 4.79 Å². The molecule has 1 saturated heterocycles. The zero-order chi connectivity index (χ0) is 20.6. The molecular weight excluding hydrogens is 374 g/mol. The third-order valence-corrected chi connectivity index (χ3v) is 7.50. The summed E-state index contributed by atoms with van der Waals surface area (Å²) >= 11 is 0. The maximum Gasteiger partial charge on any atom is 0.407 e. The van der Waals surface area contributed by atoms with Crippen molar-refractivity contribution in [2.75, 3.05) is 13.7 Å². The molecule has 0 bridgehead atoms. The van der Waals surface area contributed by atoms with Crippen molar-refractivity contribution < 1.29 is 14.3 Å². The second-order valence-electron chi connectivity index (χ2n) is 9.41. The van der Waals surface area contributed by atoms with Crippen molar-refractivity contribution in [1.29, 1.82) is 0 Å². The van der Waals surface area contributed by atoms with Gasteiger partial charge in [0, 0.05) is 0 Å². The number of ether oxygens (including phenoxy) is 2. The van der Waals surface area contributed by atoms with Crippen LogP contribution in [0.15, 0.2) is 42.5 Å². The lowest BCUT2D eigenvalue weighted by Gasteiger charge is -2.26. The van der Waals surface area contributed by atoms with Gasteiger partial charge in [0.2, 0.25) is 0 Å². The van der Waals surface area contributed by atoms with Crippen molar-refractivity contribution in [3.8, 4) is 5.75 Å². The Hall–Kier alpha value is -2.49. The first kappa shape index (κ1) is 19.5. The number of alkyl carbamates (subject to hydrolysis) is 1. The maximum absolute atomic E-state index is 11.5. The molecule has 1 heterocycles. The Balaban J connectivity index is 1.22. The molecule has 3 atom stereocenters. The molecule has 30 heavy (non-hydrogen) atoms. The summed E-state index contributed by atoms with van der Waals surface area (Å²) in [5.41, 5.74) is 5.70. The van der Waals surface area contributed by atoms with Crippen LogP contribution < -0.4 is 10.1 Å². The Bertz CT molecular complexity index is 940. The number of carbonyl (C=O) groups is 1. The van der Waals surface area contributed by atoms with E-state index in [0.29, 0.717) is 12.5 Å². The zero-order valence-corrected chi connectivity index (χ0v) is 17.8. The van der Waals surface area contributed by atoms with Crippen LogP contribution in [0.4, 0.5) is 4.79 Å². The minimum Gasteiger partial charge on any atom is -0.496 e. The highest BCUT2D eigenvalue weighted by Gasteiger charge is 2.46. The standard InChI is InChI=1S/C26H31NO3/c1-29-24-5-3-2-4-19(24)8-6-18-7-9-21-15-22(11-10-20(21)14-18)23-12-13-26(16-23)17-30-25(28)27-26/h2-5,10-11,15,18,23H,6-9,12-14,16-17H2,1H3,(H,27,28). The third kappa shape index (κ3) is 3.80. The third-order valence-electron chi connectivity index (χ3n) is 7.50. The molecule has 4 nitrogen and oxygen atoms in total. The fourth-order valence-corrected chi connectivity index (χ4v) is 5.77. The Kier molecular flexibility index (Phi) is 5.18. The molecule has 1 N–H and O–H groups in total. The normalized spacial score (nSPS) is 27.6. The highest BCUT2D eigenvalue weighted by Crippen LogP contribution is 2.43.